The number of aromatic hydroxyl groups is 1. The summed E-state index contributed by atoms with van der Waals surface area (Å²) in [7, 11) is 0. The van der Waals surface area contributed by atoms with E-state index in [2.05, 4.69) is 26.0 Å². The third-order valence-corrected chi connectivity index (χ3v) is 3.32. The molecule has 3 rings (SSSR count). The van der Waals surface area contributed by atoms with E-state index in [4.69, 9.17) is 0 Å². The van der Waals surface area contributed by atoms with Gasteiger partial charge in [-0.3, -0.25) is 4.98 Å². The molecule has 3 aromatic rings. The van der Waals surface area contributed by atoms with Gasteiger partial charge in [0, 0.05) is 24.2 Å². The molecule has 0 bridgehead atoms. The van der Waals surface area contributed by atoms with E-state index in [0.29, 0.717) is 0 Å². The van der Waals surface area contributed by atoms with Crippen LogP contribution in [-0.4, -0.2) is 19.9 Å². The van der Waals surface area contributed by atoms with Crippen LogP contribution >= 0.6 is 15.9 Å². The van der Waals surface area contributed by atoms with Gasteiger partial charge in [0.2, 0.25) is 0 Å². The number of phenolic OH excluding ortho intramolecular Hbond substituents is 1. The van der Waals surface area contributed by atoms with Gasteiger partial charge < -0.3 is 5.11 Å². The second-order valence-electron chi connectivity index (χ2n) is 4.02. The van der Waals surface area contributed by atoms with Gasteiger partial charge >= 0.3 is 0 Å². The molecule has 0 aliphatic carbocycles. The third-order valence-electron chi connectivity index (χ3n) is 2.74. The lowest BCUT2D eigenvalue weighted by Crippen LogP contribution is -1.94. The first-order valence-electron chi connectivity index (χ1n) is 5.69. The fraction of sp³-hybridized carbons (Fsp3) is 0. The van der Waals surface area contributed by atoms with Gasteiger partial charge in [-0.05, 0) is 52.3 Å². The fourth-order valence-electron chi connectivity index (χ4n) is 1.80. The lowest BCUT2D eigenvalue weighted by atomic mass is 10.2. The van der Waals surface area contributed by atoms with Crippen LogP contribution in [0.25, 0.3) is 16.9 Å². The van der Waals surface area contributed by atoms with Gasteiger partial charge in [0.1, 0.15) is 11.4 Å². The summed E-state index contributed by atoms with van der Waals surface area (Å²) in [6.45, 7) is 0. The maximum Gasteiger partial charge on any atom is 0.115 e. The molecule has 4 nitrogen and oxygen atoms in total. The van der Waals surface area contributed by atoms with Crippen molar-refractivity contribution in [2.45, 2.75) is 0 Å². The lowest BCUT2D eigenvalue weighted by Gasteiger charge is -2.01. The van der Waals surface area contributed by atoms with Gasteiger partial charge in [0.05, 0.1) is 10.2 Å². The Balaban J connectivity index is 2.04. The number of nitrogens with zero attached hydrogens (tertiary/aromatic N) is 3. The summed E-state index contributed by atoms with van der Waals surface area (Å²) in [6.07, 6.45) is 5.37. The zero-order valence-corrected chi connectivity index (χ0v) is 11.4. The number of hydrogen-bond acceptors (Lipinski definition) is 3. The maximum absolute atomic E-state index is 9.30. The average Bonchev–Trinajstić information content (AvgIpc) is 2.83. The highest BCUT2D eigenvalue weighted by Gasteiger charge is 2.09. The first kappa shape index (κ1) is 11.9. The van der Waals surface area contributed by atoms with Crippen LogP contribution in [0.5, 0.6) is 5.75 Å². The van der Waals surface area contributed by atoms with Crippen LogP contribution in [0.15, 0.2) is 59.5 Å². The minimum Gasteiger partial charge on any atom is -0.508 e. The van der Waals surface area contributed by atoms with Crippen molar-refractivity contribution in [2.75, 3.05) is 0 Å². The molecule has 0 aliphatic heterocycles. The molecule has 0 fully saturated rings. The predicted octanol–water partition coefficient (Wildman–Crippen LogP) is 3.40. The number of rotatable bonds is 2. The van der Waals surface area contributed by atoms with Crippen LogP contribution < -0.4 is 0 Å². The Labute approximate surface area is 118 Å². The molecule has 1 aromatic carbocycles. The Morgan fingerprint density at radius 3 is 2.37 bits per heavy atom. The van der Waals surface area contributed by atoms with E-state index in [1.165, 1.54) is 0 Å². The monoisotopic (exact) mass is 315 g/mol. The normalized spacial score (nSPS) is 10.6. The summed E-state index contributed by atoms with van der Waals surface area (Å²) in [5.41, 5.74) is 2.74. The second kappa shape index (κ2) is 4.85. The maximum atomic E-state index is 9.30. The molecule has 0 atom stereocenters. The average molecular weight is 316 g/mol. The van der Waals surface area contributed by atoms with Crippen molar-refractivity contribution in [1.29, 1.82) is 0 Å². The SMILES string of the molecule is Oc1ccc(-n2cc(Br)c(-c3ccncc3)n2)cc1. The Morgan fingerprint density at radius 2 is 1.68 bits per heavy atom. The number of phenols is 1. The van der Waals surface area contributed by atoms with E-state index in [1.54, 1.807) is 29.2 Å². The number of hydrogen-bond donors (Lipinski definition) is 1. The summed E-state index contributed by atoms with van der Waals surface area (Å²) < 4.78 is 2.67. The van der Waals surface area contributed by atoms with Crippen molar-refractivity contribution in [3.63, 3.8) is 0 Å². The summed E-state index contributed by atoms with van der Waals surface area (Å²) in [4.78, 5) is 4.00. The molecule has 0 saturated heterocycles. The number of benzene rings is 1. The van der Waals surface area contributed by atoms with Gasteiger partial charge in [-0.2, -0.15) is 5.10 Å². The summed E-state index contributed by atoms with van der Waals surface area (Å²) in [5.74, 6) is 0.240. The summed E-state index contributed by atoms with van der Waals surface area (Å²) in [5, 5.41) is 13.8. The number of aromatic nitrogens is 3. The fourth-order valence-corrected chi connectivity index (χ4v) is 2.30. The van der Waals surface area contributed by atoms with E-state index < -0.39 is 0 Å². The van der Waals surface area contributed by atoms with Crippen LogP contribution in [0.3, 0.4) is 0 Å². The van der Waals surface area contributed by atoms with Crippen molar-refractivity contribution in [2.24, 2.45) is 0 Å². The molecular formula is C14H10BrN3O. The first-order chi connectivity index (χ1) is 9.24. The van der Waals surface area contributed by atoms with E-state index in [9.17, 15) is 5.11 Å². The Bertz CT molecular complexity index is 692. The van der Waals surface area contributed by atoms with E-state index in [1.807, 2.05) is 30.5 Å². The molecule has 0 amide bonds. The van der Waals surface area contributed by atoms with Crippen LogP contribution in [0.2, 0.25) is 0 Å². The van der Waals surface area contributed by atoms with E-state index in [0.717, 1.165) is 21.4 Å². The van der Waals surface area contributed by atoms with E-state index in [-0.39, 0.29) is 5.75 Å². The van der Waals surface area contributed by atoms with E-state index >= 15 is 0 Å². The molecule has 2 heterocycles. The Hall–Kier alpha value is -2.14. The molecule has 2 aromatic heterocycles. The lowest BCUT2D eigenvalue weighted by molar-refractivity contribution is 0.475. The summed E-state index contributed by atoms with van der Waals surface area (Å²) in [6, 6.07) is 10.7. The van der Waals surface area contributed by atoms with Gasteiger partial charge in [-0.1, -0.05) is 0 Å². The highest BCUT2D eigenvalue weighted by Crippen LogP contribution is 2.27. The van der Waals surface area contributed by atoms with Crippen LogP contribution in [0.4, 0.5) is 0 Å². The third kappa shape index (κ3) is 2.37. The molecule has 0 saturated carbocycles. The highest BCUT2D eigenvalue weighted by molar-refractivity contribution is 9.10. The summed E-state index contributed by atoms with van der Waals surface area (Å²) >= 11 is 3.51. The van der Waals surface area contributed by atoms with Crippen molar-refractivity contribution < 1.29 is 5.11 Å². The smallest absolute Gasteiger partial charge is 0.115 e. The predicted molar refractivity (Wildman–Crippen MR) is 76.2 cm³/mol. The minimum absolute atomic E-state index is 0.240. The zero-order chi connectivity index (χ0) is 13.2. The van der Waals surface area contributed by atoms with Crippen molar-refractivity contribution in [1.82, 2.24) is 14.8 Å². The molecular weight excluding hydrogens is 306 g/mol. The highest BCUT2D eigenvalue weighted by atomic mass is 79.9. The molecule has 0 unspecified atom stereocenters. The molecule has 0 radical (unpaired) electrons. The van der Waals surface area contributed by atoms with Crippen LogP contribution in [0.1, 0.15) is 0 Å². The van der Waals surface area contributed by atoms with Crippen molar-refractivity contribution >= 4 is 15.9 Å². The van der Waals surface area contributed by atoms with Gasteiger partial charge in [0.25, 0.3) is 0 Å². The quantitative estimate of drug-likeness (QED) is 0.788. The first-order valence-corrected chi connectivity index (χ1v) is 6.48. The van der Waals surface area contributed by atoms with Gasteiger partial charge in [-0.25, -0.2) is 4.68 Å². The topological polar surface area (TPSA) is 50.9 Å². The Morgan fingerprint density at radius 1 is 1.00 bits per heavy atom. The van der Waals surface area contributed by atoms with Gasteiger partial charge in [0.15, 0.2) is 0 Å². The molecule has 0 aliphatic rings. The van der Waals surface area contributed by atoms with Crippen molar-refractivity contribution in [3.05, 3.63) is 59.5 Å². The molecule has 0 spiro atoms. The minimum atomic E-state index is 0.240. The molecule has 5 heteroatoms. The molecule has 1 N–H and O–H groups in total. The Kier molecular flexibility index (Phi) is 3.05. The van der Waals surface area contributed by atoms with Crippen LogP contribution in [-0.2, 0) is 0 Å². The van der Waals surface area contributed by atoms with Gasteiger partial charge in [-0.15, -0.1) is 0 Å². The zero-order valence-electron chi connectivity index (χ0n) is 9.86. The van der Waals surface area contributed by atoms with Crippen LogP contribution in [0, 0.1) is 0 Å². The van der Waals surface area contributed by atoms with Crippen molar-refractivity contribution in [3.8, 4) is 22.7 Å². The number of pyridine rings is 1. The molecule has 19 heavy (non-hydrogen) atoms. The second-order valence-corrected chi connectivity index (χ2v) is 4.88. The number of halogens is 1. The molecule has 94 valence electrons. The standard InChI is InChI=1S/C14H10BrN3O/c15-13-9-18(11-1-3-12(19)4-2-11)17-14(13)10-5-7-16-8-6-10/h1-9,19H. The largest absolute Gasteiger partial charge is 0.508 e.